The molecular weight excluding hydrogens is 216 g/mol. The van der Waals surface area contributed by atoms with Gasteiger partial charge in [-0.2, -0.15) is 5.26 Å². The number of carbonyl (C=O) groups is 1. The lowest BCUT2D eigenvalue weighted by atomic mass is 9.98. The standard InChI is InChI=1S/C13H22N2O2/c1-13(2,3)12(16)17-15-9-4-5-11(6-8-14)7-10-15/h11H,4-7,9-10H2,1-3H3. The van der Waals surface area contributed by atoms with E-state index >= 15 is 0 Å². The van der Waals surface area contributed by atoms with E-state index in [9.17, 15) is 4.79 Å². The van der Waals surface area contributed by atoms with E-state index < -0.39 is 5.41 Å². The molecule has 1 atom stereocenters. The first-order valence-electron chi connectivity index (χ1n) is 6.28. The van der Waals surface area contributed by atoms with Crippen LogP contribution in [0.5, 0.6) is 0 Å². The third-order valence-electron chi connectivity index (χ3n) is 3.01. The fraction of sp³-hybridized carbons (Fsp3) is 0.846. The third kappa shape index (κ3) is 4.74. The molecule has 0 aromatic carbocycles. The highest BCUT2D eigenvalue weighted by atomic mass is 16.7. The predicted molar refractivity (Wildman–Crippen MR) is 64.7 cm³/mol. The van der Waals surface area contributed by atoms with Gasteiger partial charge in [-0.1, -0.05) is 0 Å². The first-order chi connectivity index (χ1) is 7.93. The average Bonchev–Trinajstić information content (AvgIpc) is 2.43. The third-order valence-corrected chi connectivity index (χ3v) is 3.01. The Labute approximate surface area is 103 Å². The van der Waals surface area contributed by atoms with Crippen molar-refractivity contribution in [1.29, 1.82) is 5.26 Å². The van der Waals surface area contributed by atoms with Gasteiger partial charge in [0.05, 0.1) is 11.5 Å². The summed E-state index contributed by atoms with van der Waals surface area (Å²) in [6.07, 6.45) is 3.59. The van der Waals surface area contributed by atoms with E-state index in [1.54, 1.807) is 5.06 Å². The number of hydrogen-bond donors (Lipinski definition) is 0. The topological polar surface area (TPSA) is 53.3 Å². The summed E-state index contributed by atoms with van der Waals surface area (Å²) in [5.41, 5.74) is -0.460. The van der Waals surface area contributed by atoms with Crippen LogP contribution in [0.15, 0.2) is 0 Å². The Morgan fingerprint density at radius 1 is 1.41 bits per heavy atom. The van der Waals surface area contributed by atoms with Crippen LogP contribution >= 0.6 is 0 Å². The largest absolute Gasteiger partial charge is 0.367 e. The molecule has 1 heterocycles. The molecule has 1 saturated heterocycles. The van der Waals surface area contributed by atoms with Gasteiger partial charge >= 0.3 is 5.97 Å². The van der Waals surface area contributed by atoms with Crippen molar-refractivity contribution in [3.8, 4) is 6.07 Å². The molecule has 0 aromatic heterocycles. The van der Waals surface area contributed by atoms with E-state index in [1.807, 2.05) is 20.8 Å². The maximum atomic E-state index is 11.7. The van der Waals surface area contributed by atoms with Crippen LogP contribution in [-0.2, 0) is 9.63 Å². The minimum Gasteiger partial charge on any atom is -0.367 e. The van der Waals surface area contributed by atoms with Gasteiger partial charge in [-0.15, -0.1) is 5.06 Å². The second-order valence-corrected chi connectivity index (χ2v) is 5.72. The molecular formula is C13H22N2O2. The lowest BCUT2D eigenvalue weighted by Crippen LogP contribution is -2.34. The Hall–Kier alpha value is -1.08. The zero-order chi connectivity index (χ0) is 12.9. The van der Waals surface area contributed by atoms with Gasteiger partial charge in [0.15, 0.2) is 0 Å². The summed E-state index contributed by atoms with van der Waals surface area (Å²) in [4.78, 5) is 17.1. The molecule has 0 N–H and O–H groups in total. The zero-order valence-electron chi connectivity index (χ0n) is 11.0. The Bertz CT molecular complexity index is 302. The highest BCUT2D eigenvalue weighted by Gasteiger charge is 2.27. The zero-order valence-corrected chi connectivity index (χ0v) is 11.0. The predicted octanol–water partition coefficient (Wildman–Crippen LogP) is 2.51. The van der Waals surface area contributed by atoms with Gasteiger partial charge in [0, 0.05) is 19.5 Å². The van der Waals surface area contributed by atoms with Crippen LogP contribution < -0.4 is 0 Å². The number of carbonyl (C=O) groups excluding carboxylic acids is 1. The Morgan fingerprint density at radius 2 is 2.12 bits per heavy atom. The quantitative estimate of drug-likeness (QED) is 0.741. The minimum absolute atomic E-state index is 0.184. The van der Waals surface area contributed by atoms with E-state index in [0.717, 1.165) is 32.4 Å². The highest BCUT2D eigenvalue weighted by molar-refractivity contribution is 5.75. The summed E-state index contributed by atoms with van der Waals surface area (Å²) in [6.45, 7) is 7.08. The van der Waals surface area contributed by atoms with Crippen molar-refractivity contribution in [3.63, 3.8) is 0 Å². The van der Waals surface area contributed by atoms with Crippen molar-refractivity contribution in [2.24, 2.45) is 11.3 Å². The van der Waals surface area contributed by atoms with Gasteiger partial charge in [0.25, 0.3) is 0 Å². The van der Waals surface area contributed by atoms with Crippen LogP contribution in [0.3, 0.4) is 0 Å². The fourth-order valence-corrected chi connectivity index (χ4v) is 1.82. The van der Waals surface area contributed by atoms with Crippen LogP contribution in [0, 0.1) is 22.7 Å². The van der Waals surface area contributed by atoms with Crippen molar-refractivity contribution in [2.75, 3.05) is 13.1 Å². The van der Waals surface area contributed by atoms with E-state index in [-0.39, 0.29) is 5.97 Å². The molecule has 0 bridgehead atoms. The molecule has 1 aliphatic rings. The number of nitrogens with zero attached hydrogens (tertiary/aromatic N) is 2. The summed E-state index contributed by atoms with van der Waals surface area (Å²) >= 11 is 0. The summed E-state index contributed by atoms with van der Waals surface area (Å²) in [7, 11) is 0. The lowest BCUT2D eigenvalue weighted by Gasteiger charge is -2.24. The molecule has 0 spiro atoms. The summed E-state index contributed by atoms with van der Waals surface area (Å²) < 4.78 is 0. The Kier molecular flexibility index (Phi) is 4.95. The molecule has 0 aromatic rings. The van der Waals surface area contributed by atoms with Gasteiger partial charge in [-0.05, 0) is 46.0 Å². The van der Waals surface area contributed by atoms with Crippen molar-refractivity contribution in [3.05, 3.63) is 0 Å². The van der Waals surface area contributed by atoms with Crippen LogP contribution in [0.2, 0.25) is 0 Å². The number of rotatable bonds is 2. The fourth-order valence-electron chi connectivity index (χ4n) is 1.82. The Balaban J connectivity index is 2.42. The molecule has 1 aliphatic heterocycles. The molecule has 96 valence electrons. The molecule has 17 heavy (non-hydrogen) atoms. The molecule has 1 unspecified atom stereocenters. The van der Waals surface area contributed by atoms with E-state index in [4.69, 9.17) is 10.1 Å². The van der Waals surface area contributed by atoms with E-state index in [2.05, 4.69) is 6.07 Å². The summed E-state index contributed by atoms with van der Waals surface area (Å²) in [5.74, 6) is 0.273. The molecule has 0 saturated carbocycles. The molecule has 0 aliphatic carbocycles. The monoisotopic (exact) mass is 238 g/mol. The minimum atomic E-state index is -0.460. The Morgan fingerprint density at radius 3 is 2.71 bits per heavy atom. The molecule has 1 fully saturated rings. The van der Waals surface area contributed by atoms with Crippen LogP contribution in [0.4, 0.5) is 0 Å². The molecule has 1 rings (SSSR count). The number of nitriles is 1. The van der Waals surface area contributed by atoms with Crippen molar-refractivity contribution >= 4 is 5.97 Å². The van der Waals surface area contributed by atoms with Gasteiger partial charge in [0.2, 0.25) is 0 Å². The van der Waals surface area contributed by atoms with Crippen molar-refractivity contribution < 1.29 is 9.63 Å². The smallest absolute Gasteiger partial charge is 0.330 e. The van der Waals surface area contributed by atoms with Crippen molar-refractivity contribution in [1.82, 2.24) is 5.06 Å². The van der Waals surface area contributed by atoms with E-state index in [0.29, 0.717) is 12.3 Å². The van der Waals surface area contributed by atoms with Crippen LogP contribution in [-0.4, -0.2) is 24.1 Å². The summed E-state index contributed by atoms with van der Waals surface area (Å²) in [5, 5.41) is 10.4. The van der Waals surface area contributed by atoms with Crippen LogP contribution in [0.1, 0.15) is 46.5 Å². The van der Waals surface area contributed by atoms with E-state index in [1.165, 1.54) is 0 Å². The SMILES string of the molecule is CC(C)(C)C(=O)ON1CCCC(CC#N)CC1. The normalized spacial score (nSPS) is 22.6. The average molecular weight is 238 g/mol. The number of hydroxylamine groups is 2. The molecule has 0 radical (unpaired) electrons. The number of hydrogen-bond acceptors (Lipinski definition) is 4. The van der Waals surface area contributed by atoms with Gasteiger partial charge in [-0.3, -0.25) is 0 Å². The highest BCUT2D eigenvalue weighted by Crippen LogP contribution is 2.22. The molecule has 0 amide bonds. The van der Waals surface area contributed by atoms with Crippen molar-refractivity contribution in [2.45, 2.75) is 46.5 Å². The second-order valence-electron chi connectivity index (χ2n) is 5.72. The summed E-state index contributed by atoms with van der Waals surface area (Å²) in [6, 6.07) is 2.22. The van der Waals surface area contributed by atoms with Gasteiger partial charge in [0.1, 0.15) is 0 Å². The van der Waals surface area contributed by atoms with Gasteiger partial charge < -0.3 is 4.84 Å². The first-order valence-corrected chi connectivity index (χ1v) is 6.28. The van der Waals surface area contributed by atoms with Gasteiger partial charge in [-0.25, -0.2) is 4.79 Å². The molecule has 4 heteroatoms. The second kappa shape index (κ2) is 6.02. The maximum Gasteiger partial charge on any atom is 0.330 e. The lowest BCUT2D eigenvalue weighted by molar-refractivity contribution is -0.200. The molecule has 4 nitrogen and oxygen atoms in total. The maximum absolute atomic E-state index is 11.7. The first kappa shape index (κ1) is 14.0. The van der Waals surface area contributed by atoms with Crippen LogP contribution in [0.25, 0.3) is 0 Å².